The van der Waals surface area contributed by atoms with Gasteiger partial charge in [-0.3, -0.25) is 9.59 Å². The van der Waals surface area contributed by atoms with Crippen molar-refractivity contribution in [2.45, 2.75) is 64.0 Å². The maximum atomic E-state index is 13.2. The van der Waals surface area contributed by atoms with E-state index in [9.17, 15) is 24.0 Å². The van der Waals surface area contributed by atoms with Crippen LogP contribution in [0.1, 0.15) is 51.8 Å². The lowest BCUT2D eigenvalue weighted by Gasteiger charge is -2.22. The Labute approximate surface area is 308 Å². The molecule has 0 spiro atoms. The number of nitrogens with zero attached hydrogens (tertiary/aromatic N) is 1. The second kappa shape index (κ2) is 20.2. The van der Waals surface area contributed by atoms with Crippen LogP contribution in [-0.4, -0.2) is 74.4 Å². The van der Waals surface area contributed by atoms with Gasteiger partial charge in [-0.2, -0.15) is 0 Å². The highest BCUT2D eigenvalue weighted by atomic mass is 16.6. The van der Waals surface area contributed by atoms with E-state index in [-0.39, 0.29) is 51.5 Å². The average molecular weight is 728 g/mol. The van der Waals surface area contributed by atoms with Gasteiger partial charge in [-0.25, -0.2) is 14.4 Å². The number of likely N-dealkylation sites (tertiary alicyclic amines) is 1. The van der Waals surface area contributed by atoms with Crippen LogP contribution in [0.4, 0.5) is 9.59 Å². The first kappa shape index (κ1) is 39.9. The molecule has 14 heteroatoms. The zero-order chi connectivity index (χ0) is 38.2. The van der Waals surface area contributed by atoms with Gasteiger partial charge in [-0.1, -0.05) is 66.4 Å². The highest BCUT2D eigenvalue weighted by molar-refractivity contribution is 5.85. The third kappa shape index (κ3) is 12.7. The van der Waals surface area contributed by atoms with Gasteiger partial charge in [-0.15, -0.1) is 0 Å². The molecule has 0 saturated carbocycles. The van der Waals surface area contributed by atoms with E-state index in [4.69, 9.17) is 30.4 Å². The van der Waals surface area contributed by atoms with Gasteiger partial charge in [0.25, 0.3) is 0 Å². The molecule has 2 atom stereocenters. The summed E-state index contributed by atoms with van der Waals surface area (Å²) in [7, 11) is 2.53. The summed E-state index contributed by atoms with van der Waals surface area (Å²) in [5.74, 6) is 4.40. The molecular formula is C39H45N5O9. The summed E-state index contributed by atoms with van der Waals surface area (Å²) < 4.78 is 20.4. The van der Waals surface area contributed by atoms with Crippen LogP contribution in [0.15, 0.2) is 66.7 Å². The van der Waals surface area contributed by atoms with Gasteiger partial charge in [0.15, 0.2) is 6.61 Å². The first-order valence-corrected chi connectivity index (χ1v) is 17.1. The molecule has 1 aliphatic rings. The molecule has 2 unspecified atom stereocenters. The molecule has 1 fully saturated rings. The number of rotatable bonds is 14. The van der Waals surface area contributed by atoms with Crippen molar-refractivity contribution in [1.29, 1.82) is 0 Å². The number of alkyl carbamates (subject to hydrolysis) is 2. The van der Waals surface area contributed by atoms with Crippen LogP contribution in [-0.2, 0) is 72.4 Å². The number of carbonyl (C=O) groups excluding carboxylic acids is 5. The molecule has 3 aromatic carbocycles. The van der Waals surface area contributed by atoms with Gasteiger partial charge >= 0.3 is 24.1 Å². The lowest BCUT2D eigenvalue weighted by molar-refractivity contribution is -0.150. The van der Waals surface area contributed by atoms with Crippen LogP contribution in [0.25, 0.3) is 0 Å². The van der Waals surface area contributed by atoms with E-state index in [0.717, 1.165) is 22.3 Å². The number of esters is 2. The largest absolute Gasteiger partial charge is 0.469 e. The van der Waals surface area contributed by atoms with Crippen LogP contribution in [0.5, 0.6) is 0 Å². The van der Waals surface area contributed by atoms with Crippen LogP contribution < -0.4 is 22.1 Å². The van der Waals surface area contributed by atoms with Crippen LogP contribution in [0, 0.1) is 11.8 Å². The molecular weight excluding hydrogens is 682 g/mol. The minimum atomic E-state index is -0.854. The van der Waals surface area contributed by atoms with Crippen molar-refractivity contribution in [3.05, 3.63) is 106 Å². The summed E-state index contributed by atoms with van der Waals surface area (Å²) >= 11 is 0. The molecule has 0 bridgehead atoms. The average Bonchev–Trinajstić information content (AvgIpc) is 3.60. The number of benzene rings is 3. The van der Waals surface area contributed by atoms with E-state index >= 15 is 0 Å². The van der Waals surface area contributed by atoms with Gasteiger partial charge in [0.1, 0.15) is 12.6 Å². The molecule has 14 nitrogen and oxygen atoms in total. The van der Waals surface area contributed by atoms with E-state index in [1.807, 2.05) is 48.5 Å². The zero-order valence-electron chi connectivity index (χ0n) is 29.9. The Balaban J connectivity index is 1.32. The third-order valence-corrected chi connectivity index (χ3v) is 8.44. The Morgan fingerprint density at radius 1 is 0.811 bits per heavy atom. The fraction of sp³-hybridized carbons (Fsp3) is 0.359. The molecule has 1 heterocycles. The molecule has 0 aromatic heterocycles. The number of hydrogen-bond acceptors (Lipinski definition) is 11. The van der Waals surface area contributed by atoms with E-state index in [1.54, 1.807) is 18.2 Å². The van der Waals surface area contributed by atoms with E-state index in [2.05, 4.69) is 22.5 Å². The summed E-state index contributed by atoms with van der Waals surface area (Å²) in [6.07, 6.45) is -0.659. The van der Waals surface area contributed by atoms with Crippen LogP contribution in [0.2, 0.25) is 0 Å². The number of nitrogens with one attached hydrogen (secondary N) is 2. The number of carbonyl (C=O) groups is 5. The Morgan fingerprint density at radius 2 is 1.47 bits per heavy atom. The number of aryl methyl sites for hydroxylation is 1. The highest BCUT2D eigenvalue weighted by Crippen LogP contribution is 2.22. The molecule has 1 aliphatic heterocycles. The maximum absolute atomic E-state index is 13.2. The van der Waals surface area contributed by atoms with Gasteiger partial charge in [0, 0.05) is 44.6 Å². The quantitative estimate of drug-likeness (QED) is 0.108. The van der Waals surface area contributed by atoms with Crippen LogP contribution in [0.3, 0.4) is 0 Å². The predicted octanol–water partition coefficient (Wildman–Crippen LogP) is 2.60. The van der Waals surface area contributed by atoms with Crippen molar-refractivity contribution in [3.63, 3.8) is 0 Å². The van der Waals surface area contributed by atoms with E-state index in [0.29, 0.717) is 36.2 Å². The first-order chi connectivity index (χ1) is 25.6. The Kier molecular flexibility index (Phi) is 15.2. The molecule has 280 valence electrons. The Morgan fingerprint density at radius 3 is 2.17 bits per heavy atom. The molecule has 0 radical (unpaired) electrons. The fourth-order valence-electron chi connectivity index (χ4n) is 5.83. The standard InChI is InChI=1S/C39H45N5O9/c1-50-36(46)19-31-15-27(10-5-13-52-38(48)42-23-30-9-4-8-29(17-30)22-41)16-32(18-31)25-53-39(49)43-33-20-34(37(47)51-2)44(24-33)35(45)12-11-26-6-3-7-28(14-26)21-40/h3-4,6-9,14-18,33-34H,11-13,19-25,40-41H2,1-2H3,(H,42,48)(H,43,49). The molecule has 1 saturated heterocycles. The molecule has 53 heavy (non-hydrogen) atoms. The SMILES string of the molecule is COC(=O)Cc1cc(C#CCOC(=O)NCc2cccc(CN)c2)cc(COC(=O)NC2CC(C(=O)OC)N(C(=O)CCc3cccc(CN)c3)C2)c1. The van der Waals surface area contributed by atoms with Crippen molar-refractivity contribution in [2.24, 2.45) is 11.5 Å². The number of amides is 3. The molecule has 3 amide bonds. The van der Waals surface area contributed by atoms with Crippen molar-refractivity contribution >= 4 is 30.0 Å². The summed E-state index contributed by atoms with van der Waals surface area (Å²) in [6, 6.07) is 18.8. The molecule has 4 rings (SSSR count). The molecule has 3 aromatic rings. The fourth-order valence-corrected chi connectivity index (χ4v) is 5.83. The van der Waals surface area contributed by atoms with Crippen molar-refractivity contribution in [3.8, 4) is 11.8 Å². The van der Waals surface area contributed by atoms with Crippen molar-refractivity contribution in [1.82, 2.24) is 15.5 Å². The smallest absolute Gasteiger partial charge is 0.408 e. The lowest BCUT2D eigenvalue weighted by atomic mass is 10.0. The Hall–Kier alpha value is -5.91. The van der Waals surface area contributed by atoms with Crippen molar-refractivity contribution < 1.29 is 42.9 Å². The van der Waals surface area contributed by atoms with E-state index < -0.39 is 36.2 Å². The summed E-state index contributed by atoms with van der Waals surface area (Å²) in [5.41, 5.74) is 16.7. The maximum Gasteiger partial charge on any atom is 0.408 e. The summed E-state index contributed by atoms with van der Waals surface area (Å²) in [5, 5.41) is 5.40. The van der Waals surface area contributed by atoms with Gasteiger partial charge in [-0.05, 0) is 51.9 Å². The monoisotopic (exact) mass is 727 g/mol. The summed E-state index contributed by atoms with van der Waals surface area (Å²) in [6.45, 7) is 0.787. The minimum absolute atomic E-state index is 0.0468. The van der Waals surface area contributed by atoms with Crippen LogP contribution >= 0.6 is 0 Å². The lowest BCUT2D eigenvalue weighted by Crippen LogP contribution is -2.42. The number of ether oxygens (including phenoxy) is 4. The van der Waals surface area contributed by atoms with Gasteiger partial charge < -0.3 is 45.9 Å². The van der Waals surface area contributed by atoms with E-state index in [1.165, 1.54) is 19.1 Å². The third-order valence-electron chi connectivity index (χ3n) is 8.44. The Bertz CT molecular complexity index is 1840. The normalized spacial score (nSPS) is 14.7. The van der Waals surface area contributed by atoms with Crippen molar-refractivity contribution in [2.75, 3.05) is 27.4 Å². The molecule has 0 aliphatic carbocycles. The van der Waals surface area contributed by atoms with Gasteiger partial charge in [0.05, 0.1) is 26.7 Å². The second-order valence-corrected chi connectivity index (χ2v) is 12.3. The number of methoxy groups -OCH3 is 2. The minimum Gasteiger partial charge on any atom is -0.469 e. The topological polar surface area (TPSA) is 202 Å². The first-order valence-electron chi connectivity index (χ1n) is 17.1. The number of nitrogens with two attached hydrogens (primary N) is 2. The predicted molar refractivity (Wildman–Crippen MR) is 193 cm³/mol. The molecule has 6 N–H and O–H groups in total. The zero-order valence-corrected chi connectivity index (χ0v) is 29.9. The summed E-state index contributed by atoms with van der Waals surface area (Å²) in [4.78, 5) is 64.3. The highest BCUT2D eigenvalue weighted by Gasteiger charge is 2.40. The number of hydrogen-bond donors (Lipinski definition) is 4. The van der Waals surface area contributed by atoms with Gasteiger partial charge in [0.2, 0.25) is 5.91 Å². The second-order valence-electron chi connectivity index (χ2n) is 12.3.